The number of aromatic nitrogens is 1. The number of thioether (sulfide) groups is 1. The summed E-state index contributed by atoms with van der Waals surface area (Å²) >= 11 is 1.92. The molecule has 1 aromatic rings. The van der Waals surface area contributed by atoms with Crippen LogP contribution < -0.4 is 5.73 Å². The molecule has 1 unspecified atom stereocenters. The van der Waals surface area contributed by atoms with Gasteiger partial charge in [0.15, 0.2) is 0 Å². The van der Waals surface area contributed by atoms with Gasteiger partial charge in [-0.1, -0.05) is 13.0 Å². The first-order chi connectivity index (χ1) is 6.33. The molecule has 2 nitrogen and oxygen atoms in total. The van der Waals surface area contributed by atoms with Gasteiger partial charge in [-0.25, -0.2) is 0 Å². The van der Waals surface area contributed by atoms with Gasteiger partial charge in [0.1, 0.15) is 0 Å². The van der Waals surface area contributed by atoms with Gasteiger partial charge in [-0.2, -0.15) is 11.8 Å². The molecule has 0 saturated carbocycles. The molecule has 2 N–H and O–H groups in total. The fourth-order valence-electron chi connectivity index (χ4n) is 0.992. The van der Waals surface area contributed by atoms with Crippen molar-refractivity contribution >= 4 is 11.8 Å². The van der Waals surface area contributed by atoms with Crippen LogP contribution in [0.4, 0.5) is 0 Å². The Kier molecular flexibility index (Phi) is 4.86. The van der Waals surface area contributed by atoms with Crippen LogP contribution in [0.1, 0.15) is 12.5 Å². The Labute approximate surface area is 83.9 Å². The van der Waals surface area contributed by atoms with Crippen LogP contribution in [0.3, 0.4) is 0 Å². The minimum Gasteiger partial charge on any atom is -0.329 e. The van der Waals surface area contributed by atoms with Crippen molar-refractivity contribution in [1.82, 2.24) is 4.98 Å². The van der Waals surface area contributed by atoms with E-state index in [1.54, 1.807) is 6.20 Å². The third-order valence-corrected chi connectivity index (χ3v) is 3.05. The molecule has 3 heteroatoms. The van der Waals surface area contributed by atoms with Crippen LogP contribution in [0.2, 0.25) is 0 Å². The Morgan fingerprint density at radius 3 is 3.08 bits per heavy atom. The molecule has 1 atom stereocenters. The van der Waals surface area contributed by atoms with Gasteiger partial charge < -0.3 is 5.73 Å². The summed E-state index contributed by atoms with van der Waals surface area (Å²) in [7, 11) is 0. The third kappa shape index (κ3) is 4.29. The number of hydrogen-bond donors (Lipinski definition) is 1. The highest BCUT2D eigenvalue weighted by Crippen LogP contribution is 2.11. The van der Waals surface area contributed by atoms with Crippen molar-refractivity contribution in [3.8, 4) is 0 Å². The van der Waals surface area contributed by atoms with Crippen LogP contribution in [0.15, 0.2) is 24.5 Å². The lowest BCUT2D eigenvalue weighted by Gasteiger charge is -2.07. The summed E-state index contributed by atoms with van der Waals surface area (Å²) in [5, 5.41) is 0.566. The lowest BCUT2D eigenvalue weighted by molar-refractivity contribution is 0.947. The lowest BCUT2D eigenvalue weighted by Crippen LogP contribution is -2.13. The van der Waals surface area contributed by atoms with Crippen molar-refractivity contribution in [3.05, 3.63) is 30.1 Å². The first-order valence-corrected chi connectivity index (χ1v) is 5.58. The van der Waals surface area contributed by atoms with Crippen LogP contribution in [0.5, 0.6) is 0 Å². The highest BCUT2D eigenvalue weighted by molar-refractivity contribution is 7.99. The Bertz CT molecular complexity index is 226. The van der Waals surface area contributed by atoms with E-state index in [0.29, 0.717) is 5.25 Å². The summed E-state index contributed by atoms with van der Waals surface area (Å²) in [6, 6.07) is 4.09. The van der Waals surface area contributed by atoms with Crippen LogP contribution in [0, 0.1) is 0 Å². The highest BCUT2D eigenvalue weighted by Gasteiger charge is 1.99. The zero-order valence-electron chi connectivity index (χ0n) is 7.94. The quantitative estimate of drug-likeness (QED) is 0.779. The normalized spacial score (nSPS) is 12.8. The van der Waals surface area contributed by atoms with E-state index in [1.807, 2.05) is 24.0 Å². The Balaban J connectivity index is 2.20. The van der Waals surface area contributed by atoms with E-state index in [0.717, 1.165) is 18.7 Å². The summed E-state index contributed by atoms with van der Waals surface area (Å²) in [5.41, 5.74) is 6.82. The molecule has 0 radical (unpaired) electrons. The standard InChI is InChI=1S/C10H16N2S/c1-9(7-11)13-6-4-10-3-2-5-12-8-10/h2-3,5,8-9H,4,6-7,11H2,1H3. The monoisotopic (exact) mass is 196 g/mol. The zero-order valence-corrected chi connectivity index (χ0v) is 8.76. The Morgan fingerprint density at radius 1 is 1.62 bits per heavy atom. The topological polar surface area (TPSA) is 38.9 Å². The molecular formula is C10H16N2S. The first-order valence-electron chi connectivity index (χ1n) is 4.53. The minimum atomic E-state index is 0.566. The number of hydrogen-bond acceptors (Lipinski definition) is 3. The molecule has 72 valence electrons. The van der Waals surface area contributed by atoms with E-state index in [9.17, 15) is 0 Å². The van der Waals surface area contributed by atoms with Gasteiger partial charge in [-0.15, -0.1) is 0 Å². The number of pyridine rings is 1. The average Bonchev–Trinajstić information content (AvgIpc) is 2.19. The second kappa shape index (κ2) is 6.00. The van der Waals surface area contributed by atoms with Crippen LogP contribution in [0.25, 0.3) is 0 Å². The Hall–Kier alpha value is -0.540. The fraction of sp³-hybridized carbons (Fsp3) is 0.500. The molecule has 0 amide bonds. The van der Waals surface area contributed by atoms with Crippen LogP contribution in [-0.2, 0) is 6.42 Å². The molecule has 1 aromatic heterocycles. The molecule has 0 aliphatic rings. The number of aryl methyl sites for hydroxylation is 1. The lowest BCUT2D eigenvalue weighted by atomic mass is 10.2. The zero-order chi connectivity index (χ0) is 9.52. The SMILES string of the molecule is CC(CN)SCCc1cccnc1. The van der Waals surface area contributed by atoms with E-state index >= 15 is 0 Å². The average molecular weight is 196 g/mol. The van der Waals surface area contributed by atoms with E-state index in [-0.39, 0.29) is 0 Å². The number of nitrogens with zero attached hydrogens (tertiary/aromatic N) is 1. The minimum absolute atomic E-state index is 0.566. The predicted octanol–water partition coefficient (Wildman–Crippen LogP) is 1.70. The van der Waals surface area contributed by atoms with Gasteiger partial charge in [0.25, 0.3) is 0 Å². The summed E-state index contributed by atoms with van der Waals surface area (Å²) in [5.74, 6) is 1.13. The molecule has 0 saturated heterocycles. The molecule has 1 heterocycles. The summed E-state index contributed by atoms with van der Waals surface area (Å²) in [4.78, 5) is 4.07. The third-order valence-electron chi connectivity index (χ3n) is 1.85. The molecular weight excluding hydrogens is 180 g/mol. The maximum Gasteiger partial charge on any atom is 0.0300 e. The fourth-order valence-corrected chi connectivity index (χ4v) is 1.88. The molecule has 0 aliphatic carbocycles. The van der Waals surface area contributed by atoms with Gasteiger partial charge in [-0.3, -0.25) is 4.98 Å². The van der Waals surface area contributed by atoms with Crippen LogP contribution in [-0.4, -0.2) is 22.5 Å². The summed E-state index contributed by atoms with van der Waals surface area (Å²) in [6.45, 7) is 2.92. The molecule has 0 bridgehead atoms. The molecule has 0 aromatic carbocycles. The van der Waals surface area contributed by atoms with E-state index in [2.05, 4.69) is 18.0 Å². The van der Waals surface area contributed by atoms with Crippen molar-refractivity contribution in [2.75, 3.05) is 12.3 Å². The molecule has 13 heavy (non-hydrogen) atoms. The first kappa shape index (κ1) is 10.5. The maximum absolute atomic E-state index is 5.52. The van der Waals surface area contributed by atoms with E-state index in [1.165, 1.54) is 5.56 Å². The Morgan fingerprint density at radius 2 is 2.46 bits per heavy atom. The largest absolute Gasteiger partial charge is 0.329 e. The van der Waals surface area contributed by atoms with Crippen molar-refractivity contribution in [2.24, 2.45) is 5.73 Å². The molecule has 0 aliphatic heterocycles. The number of rotatable bonds is 5. The predicted molar refractivity (Wildman–Crippen MR) is 58.9 cm³/mol. The van der Waals surface area contributed by atoms with Crippen molar-refractivity contribution < 1.29 is 0 Å². The second-order valence-electron chi connectivity index (χ2n) is 3.03. The molecule has 0 fully saturated rings. The summed E-state index contributed by atoms with van der Waals surface area (Å²) < 4.78 is 0. The van der Waals surface area contributed by atoms with Gasteiger partial charge in [0.2, 0.25) is 0 Å². The second-order valence-corrected chi connectivity index (χ2v) is 4.57. The highest BCUT2D eigenvalue weighted by atomic mass is 32.2. The van der Waals surface area contributed by atoms with Gasteiger partial charge in [0, 0.05) is 24.2 Å². The van der Waals surface area contributed by atoms with Crippen molar-refractivity contribution in [1.29, 1.82) is 0 Å². The van der Waals surface area contributed by atoms with E-state index < -0.39 is 0 Å². The van der Waals surface area contributed by atoms with Crippen molar-refractivity contribution in [3.63, 3.8) is 0 Å². The molecule has 0 spiro atoms. The van der Waals surface area contributed by atoms with Gasteiger partial charge in [-0.05, 0) is 23.8 Å². The molecule has 1 rings (SSSR count). The smallest absolute Gasteiger partial charge is 0.0300 e. The number of nitrogens with two attached hydrogens (primary N) is 1. The van der Waals surface area contributed by atoms with Crippen molar-refractivity contribution in [2.45, 2.75) is 18.6 Å². The van der Waals surface area contributed by atoms with Gasteiger partial charge in [0.05, 0.1) is 0 Å². The summed E-state index contributed by atoms with van der Waals surface area (Å²) in [6.07, 6.45) is 4.82. The van der Waals surface area contributed by atoms with Crippen LogP contribution >= 0.6 is 11.8 Å². The maximum atomic E-state index is 5.52. The van der Waals surface area contributed by atoms with E-state index in [4.69, 9.17) is 5.73 Å². The van der Waals surface area contributed by atoms with Gasteiger partial charge >= 0.3 is 0 Å².